The number of carbonyl (C=O) groups excluding carboxylic acids is 1. The van der Waals surface area contributed by atoms with E-state index >= 15 is 0 Å². The minimum Gasteiger partial charge on any atom is -0.345 e. The summed E-state index contributed by atoms with van der Waals surface area (Å²) < 4.78 is 38.1. The Hall–Kier alpha value is -1.96. The standard InChI is InChI=1S/C15H14F3NO/c16-15(17,18)13-9-2-1-5-11(13)8-4-10-19-14(20)12-6-3-7-12/h1-2,5,9,12H,3,6-7,10H2,(H,19,20). The Morgan fingerprint density at radius 1 is 1.30 bits per heavy atom. The average Bonchev–Trinajstić information content (AvgIpc) is 2.32. The predicted octanol–water partition coefficient (Wildman–Crippen LogP) is 2.97. The van der Waals surface area contributed by atoms with Gasteiger partial charge in [0.1, 0.15) is 0 Å². The molecule has 2 rings (SSSR count). The van der Waals surface area contributed by atoms with Crippen molar-refractivity contribution in [3.63, 3.8) is 0 Å². The molecule has 0 heterocycles. The van der Waals surface area contributed by atoms with Crippen molar-refractivity contribution in [1.82, 2.24) is 5.32 Å². The van der Waals surface area contributed by atoms with Gasteiger partial charge in [0.2, 0.25) is 5.91 Å². The second kappa shape index (κ2) is 6.00. The Balaban J connectivity index is 1.97. The van der Waals surface area contributed by atoms with Crippen molar-refractivity contribution >= 4 is 5.91 Å². The minimum atomic E-state index is -4.42. The third-order valence-electron chi connectivity index (χ3n) is 3.28. The zero-order valence-electron chi connectivity index (χ0n) is 10.8. The van der Waals surface area contributed by atoms with E-state index in [4.69, 9.17) is 0 Å². The SMILES string of the molecule is O=C(NCC#Cc1ccccc1C(F)(F)F)C1CCC1. The van der Waals surface area contributed by atoms with Crippen LogP contribution in [0.5, 0.6) is 0 Å². The summed E-state index contributed by atoms with van der Waals surface area (Å²) in [6, 6.07) is 5.15. The number of nitrogens with one attached hydrogen (secondary N) is 1. The van der Waals surface area contributed by atoms with Gasteiger partial charge >= 0.3 is 6.18 Å². The van der Waals surface area contributed by atoms with E-state index in [1.54, 1.807) is 0 Å². The molecule has 0 bridgehead atoms. The first-order valence-corrected chi connectivity index (χ1v) is 6.41. The van der Waals surface area contributed by atoms with Crippen molar-refractivity contribution in [3.05, 3.63) is 35.4 Å². The Bertz CT molecular complexity index is 550. The minimum absolute atomic E-state index is 0.0549. The molecule has 1 amide bonds. The van der Waals surface area contributed by atoms with Crippen molar-refractivity contribution in [1.29, 1.82) is 0 Å². The van der Waals surface area contributed by atoms with E-state index in [0.29, 0.717) is 0 Å². The lowest BCUT2D eigenvalue weighted by Crippen LogP contribution is -2.34. The zero-order valence-corrected chi connectivity index (χ0v) is 10.8. The van der Waals surface area contributed by atoms with Crippen molar-refractivity contribution in [3.8, 4) is 11.8 Å². The highest BCUT2D eigenvalue weighted by Gasteiger charge is 2.32. The predicted molar refractivity (Wildman–Crippen MR) is 68.7 cm³/mol. The summed E-state index contributed by atoms with van der Waals surface area (Å²) in [5.74, 6) is 5.03. The summed E-state index contributed by atoms with van der Waals surface area (Å²) in [5, 5.41) is 2.62. The van der Waals surface area contributed by atoms with Crippen LogP contribution in [0.1, 0.15) is 30.4 Å². The van der Waals surface area contributed by atoms with E-state index in [0.717, 1.165) is 25.3 Å². The third kappa shape index (κ3) is 3.53. The normalized spacial score (nSPS) is 14.9. The van der Waals surface area contributed by atoms with Gasteiger partial charge < -0.3 is 5.32 Å². The van der Waals surface area contributed by atoms with Crippen LogP contribution >= 0.6 is 0 Å². The molecule has 1 fully saturated rings. The van der Waals surface area contributed by atoms with Crippen molar-refractivity contribution in [2.45, 2.75) is 25.4 Å². The number of carbonyl (C=O) groups is 1. The smallest absolute Gasteiger partial charge is 0.345 e. The molecule has 1 aromatic rings. The highest BCUT2D eigenvalue weighted by Crippen LogP contribution is 2.31. The van der Waals surface area contributed by atoms with Crippen molar-refractivity contribution in [2.75, 3.05) is 6.54 Å². The summed E-state index contributed by atoms with van der Waals surface area (Å²) in [4.78, 5) is 11.5. The van der Waals surface area contributed by atoms with Gasteiger partial charge in [-0.25, -0.2) is 0 Å². The first-order valence-electron chi connectivity index (χ1n) is 6.41. The fraction of sp³-hybridized carbons (Fsp3) is 0.400. The largest absolute Gasteiger partial charge is 0.417 e. The molecule has 1 saturated carbocycles. The van der Waals surface area contributed by atoms with Crippen molar-refractivity contribution < 1.29 is 18.0 Å². The van der Waals surface area contributed by atoms with Crippen LogP contribution in [0.2, 0.25) is 0 Å². The van der Waals surface area contributed by atoms with Gasteiger partial charge in [-0.3, -0.25) is 4.79 Å². The van der Waals surface area contributed by atoms with Crippen LogP contribution < -0.4 is 5.32 Å². The molecule has 5 heteroatoms. The van der Waals surface area contributed by atoms with Gasteiger partial charge in [-0.05, 0) is 25.0 Å². The highest BCUT2D eigenvalue weighted by atomic mass is 19.4. The van der Waals surface area contributed by atoms with Gasteiger partial charge in [0.15, 0.2) is 0 Å². The van der Waals surface area contributed by atoms with E-state index in [2.05, 4.69) is 17.2 Å². The molecule has 0 atom stereocenters. The Labute approximate surface area is 115 Å². The Kier molecular flexibility index (Phi) is 4.33. The molecular weight excluding hydrogens is 267 g/mol. The summed E-state index contributed by atoms with van der Waals surface area (Å²) in [5.41, 5.74) is -0.823. The van der Waals surface area contributed by atoms with Crippen LogP contribution in [-0.2, 0) is 11.0 Å². The highest BCUT2D eigenvalue weighted by molar-refractivity contribution is 5.79. The number of amides is 1. The number of rotatable bonds is 2. The quantitative estimate of drug-likeness (QED) is 0.830. The van der Waals surface area contributed by atoms with E-state index in [-0.39, 0.29) is 23.9 Å². The first kappa shape index (κ1) is 14.4. The molecule has 20 heavy (non-hydrogen) atoms. The summed E-state index contributed by atoms with van der Waals surface area (Å²) in [6.07, 6.45) is -1.59. The lowest BCUT2D eigenvalue weighted by atomic mass is 9.85. The fourth-order valence-electron chi connectivity index (χ4n) is 1.92. The van der Waals surface area contributed by atoms with Crippen LogP contribution in [0.4, 0.5) is 13.2 Å². The molecular formula is C15H14F3NO. The molecule has 1 aliphatic carbocycles. The summed E-state index contributed by atoms with van der Waals surface area (Å²) in [7, 11) is 0. The van der Waals surface area contributed by atoms with Crippen molar-refractivity contribution in [2.24, 2.45) is 5.92 Å². The summed E-state index contributed by atoms with van der Waals surface area (Å²) >= 11 is 0. The van der Waals surface area contributed by atoms with Crippen LogP contribution in [0.3, 0.4) is 0 Å². The maximum Gasteiger partial charge on any atom is 0.417 e. The maximum atomic E-state index is 12.7. The average molecular weight is 281 g/mol. The first-order chi connectivity index (χ1) is 9.48. The lowest BCUT2D eigenvalue weighted by molar-refractivity contribution is -0.137. The van der Waals surface area contributed by atoms with E-state index in [1.165, 1.54) is 18.2 Å². The maximum absolute atomic E-state index is 12.7. The second-order valence-electron chi connectivity index (χ2n) is 4.69. The van der Waals surface area contributed by atoms with E-state index in [1.807, 2.05) is 0 Å². The molecule has 0 aliphatic heterocycles. The van der Waals surface area contributed by atoms with Crippen LogP contribution in [0, 0.1) is 17.8 Å². The molecule has 0 unspecified atom stereocenters. The van der Waals surface area contributed by atoms with Gasteiger partial charge in [-0.2, -0.15) is 13.2 Å². The lowest BCUT2D eigenvalue weighted by Gasteiger charge is -2.23. The zero-order chi connectivity index (χ0) is 14.6. The number of hydrogen-bond acceptors (Lipinski definition) is 1. The molecule has 0 aromatic heterocycles. The van der Waals surface area contributed by atoms with Gasteiger partial charge in [-0.15, -0.1) is 0 Å². The molecule has 1 aliphatic rings. The molecule has 0 spiro atoms. The Morgan fingerprint density at radius 3 is 2.60 bits per heavy atom. The molecule has 0 radical (unpaired) electrons. The monoisotopic (exact) mass is 281 g/mol. The van der Waals surface area contributed by atoms with Gasteiger partial charge in [0.25, 0.3) is 0 Å². The molecule has 106 valence electrons. The summed E-state index contributed by atoms with van der Waals surface area (Å²) in [6.45, 7) is 0.0710. The molecule has 0 saturated heterocycles. The second-order valence-corrected chi connectivity index (χ2v) is 4.69. The number of halogens is 3. The number of benzene rings is 1. The topological polar surface area (TPSA) is 29.1 Å². The van der Waals surface area contributed by atoms with Crippen LogP contribution in [0.25, 0.3) is 0 Å². The molecule has 2 nitrogen and oxygen atoms in total. The Morgan fingerprint density at radius 2 is 2.00 bits per heavy atom. The fourth-order valence-corrected chi connectivity index (χ4v) is 1.92. The molecule has 1 aromatic carbocycles. The van der Waals surface area contributed by atoms with E-state index < -0.39 is 11.7 Å². The van der Waals surface area contributed by atoms with Crippen LogP contribution in [0.15, 0.2) is 24.3 Å². The van der Waals surface area contributed by atoms with Crippen LogP contribution in [-0.4, -0.2) is 12.5 Å². The molecule has 1 N–H and O–H groups in total. The number of hydrogen-bond donors (Lipinski definition) is 1. The number of alkyl halides is 3. The van der Waals surface area contributed by atoms with Gasteiger partial charge in [0, 0.05) is 11.5 Å². The van der Waals surface area contributed by atoms with E-state index in [9.17, 15) is 18.0 Å². The van der Waals surface area contributed by atoms with Gasteiger partial charge in [0.05, 0.1) is 12.1 Å². The third-order valence-corrected chi connectivity index (χ3v) is 3.28. The van der Waals surface area contributed by atoms with Gasteiger partial charge in [-0.1, -0.05) is 30.4 Å².